The molecule has 1 amide bonds. The van der Waals surface area contributed by atoms with E-state index in [0.717, 1.165) is 16.8 Å². The van der Waals surface area contributed by atoms with Crippen LogP contribution in [0, 0.1) is 12.7 Å². The summed E-state index contributed by atoms with van der Waals surface area (Å²) in [5.41, 5.74) is 4.36. The van der Waals surface area contributed by atoms with Crippen LogP contribution in [0.25, 0.3) is 0 Å². The van der Waals surface area contributed by atoms with Crippen molar-refractivity contribution in [1.29, 1.82) is 0 Å². The Morgan fingerprint density at radius 3 is 2.60 bits per heavy atom. The summed E-state index contributed by atoms with van der Waals surface area (Å²) < 4.78 is 15.8. The second kappa shape index (κ2) is 9.71. The number of aromatic nitrogens is 4. The van der Waals surface area contributed by atoms with Gasteiger partial charge in [-0.2, -0.15) is 4.98 Å². The van der Waals surface area contributed by atoms with Crippen LogP contribution in [-0.4, -0.2) is 25.7 Å². The zero-order chi connectivity index (χ0) is 24.4. The molecule has 0 bridgehead atoms. The highest BCUT2D eigenvalue weighted by Gasteiger charge is 2.34. The minimum atomic E-state index is -0.506. The lowest BCUT2D eigenvalue weighted by Crippen LogP contribution is -2.31. The number of fused-ring (bicyclic) bond motifs is 1. The van der Waals surface area contributed by atoms with Gasteiger partial charge in [0.25, 0.3) is 5.91 Å². The largest absolute Gasteiger partial charge is 0.328 e. The van der Waals surface area contributed by atoms with Gasteiger partial charge in [-0.15, -0.1) is 5.10 Å². The number of nitrogens with one attached hydrogen (secondary N) is 2. The molecule has 0 spiro atoms. The summed E-state index contributed by atoms with van der Waals surface area (Å²) in [6.07, 6.45) is 3.38. The summed E-state index contributed by atoms with van der Waals surface area (Å²) in [5.74, 6) is 0.424. The fourth-order valence-electron chi connectivity index (χ4n) is 4.00. The SMILES string of the molecule is CC1=C(C(=O)Nc2ccccc2C)[C@@H](c2ccncc2)n2nc(SCc3ccccc3F)nc2N1. The second-order valence-electron chi connectivity index (χ2n) is 8.16. The van der Waals surface area contributed by atoms with Crippen molar-refractivity contribution in [2.45, 2.75) is 30.8 Å². The Kier molecular flexibility index (Phi) is 6.33. The molecule has 2 N–H and O–H groups in total. The highest BCUT2D eigenvalue weighted by atomic mass is 32.2. The molecule has 0 unspecified atom stereocenters. The molecule has 35 heavy (non-hydrogen) atoms. The van der Waals surface area contributed by atoms with E-state index in [0.29, 0.717) is 33.7 Å². The molecule has 1 aliphatic rings. The van der Waals surface area contributed by atoms with Gasteiger partial charge in [0.1, 0.15) is 11.9 Å². The van der Waals surface area contributed by atoms with E-state index in [4.69, 9.17) is 5.10 Å². The van der Waals surface area contributed by atoms with Gasteiger partial charge in [-0.05, 0) is 54.8 Å². The monoisotopic (exact) mass is 486 g/mol. The quantitative estimate of drug-likeness (QED) is 0.358. The van der Waals surface area contributed by atoms with Crippen molar-refractivity contribution in [2.75, 3.05) is 10.6 Å². The van der Waals surface area contributed by atoms with Crippen molar-refractivity contribution in [3.05, 3.63) is 107 Å². The number of rotatable bonds is 6. The average molecular weight is 487 g/mol. The fraction of sp³-hybridized carbons (Fsp3) is 0.154. The highest BCUT2D eigenvalue weighted by molar-refractivity contribution is 7.98. The summed E-state index contributed by atoms with van der Waals surface area (Å²) >= 11 is 1.34. The third kappa shape index (κ3) is 4.67. The van der Waals surface area contributed by atoms with Gasteiger partial charge in [-0.3, -0.25) is 9.78 Å². The van der Waals surface area contributed by atoms with Crippen molar-refractivity contribution in [1.82, 2.24) is 19.7 Å². The van der Waals surface area contributed by atoms with Crippen molar-refractivity contribution < 1.29 is 9.18 Å². The smallest absolute Gasteiger partial charge is 0.255 e. The third-order valence-corrected chi connectivity index (χ3v) is 6.69. The molecule has 0 fully saturated rings. The standard InChI is InChI=1S/C26H23FN6OS/c1-16-7-3-6-10-21(16)30-24(34)22-17(2)29-25-31-26(35-15-19-8-4-5-9-20(19)27)32-33(25)23(22)18-11-13-28-14-12-18/h3-14,23H,15H2,1-2H3,(H,30,34)(H,29,31,32)/t23-/m1/s1. The maximum atomic E-state index is 14.1. The number of amides is 1. The van der Waals surface area contributed by atoms with Crippen LogP contribution >= 0.6 is 11.8 Å². The first kappa shape index (κ1) is 22.8. The van der Waals surface area contributed by atoms with Crippen LogP contribution < -0.4 is 10.6 Å². The highest BCUT2D eigenvalue weighted by Crippen LogP contribution is 2.37. The molecule has 1 atom stereocenters. The summed E-state index contributed by atoms with van der Waals surface area (Å²) in [7, 11) is 0. The van der Waals surface area contributed by atoms with Gasteiger partial charge in [0.15, 0.2) is 0 Å². The number of carbonyl (C=O) groups excluding carboxylic acids is 1. The van der Waals surface area contributed by atoms with E-state index in [9.17, 15) is 9.18 Å². The first-order valence-corrected chi connectivity index (χ1v) is 12.1. The molecule has 1 aliphatic heterocycles. The first-order chi connectivity index (χ1) is 17.0. The molecule has 0 saturated carbocycles. The van der Waals surface area contributed by atoms with E-state index in [1.165, 1.54) is 17.8 Å². The molecule has 7 nitrogen and oxygen atoms in total. The van der Waals surface area contributed by atoms with E-state index < -0.39 is 6.04 Å². The lowest BCUT2D eigenvalue weighted by atomic mass is 9.95. The number of benzene rings is 2. The van der Waals surface area contributed by atoms with Gasteiger partial charge in [0.2, 0.25) is 11.1 Å². The maximum Gasteiger partial charge on any atom is 0.255 e. The zero-order valence-electron chi connectivity index (χ0n) is 19.2. The Morgan fingerprint density at radius 2 is 1.83 bits per heavy atom. The van der Waals surface area contributed by atoms with E-state index in [1.54, 1.807) is 35.3 Å². The van der Waals surface area contributed by atoms with Crippen LogP contribution in [0.15, 0.2) is 89.5 Å². The fourth-order valence-corrected chi connectivity index (χ4v) is 4.82. The molecule has 176 valence electrons. The number of aryl methyl sites for hydroxylation is 1. The number of pyridine rings is 1. The lowest BCUT2D eigenvalue weighted by Gasteiger charge is -2.28. The Hall–Kier alpha value is -3.98. The van der Waals surface area contributed by atoms with Gasteiger partial charge in [0, 0.05) is 29.5 Å². The Morgan fingerprint density at radius 1 is 1.09 bits per heavy atom. The van der Waals surface area contributed by atoms with Crippen LogP contribution in [0.2, 0.25) is 0 Å². The number of halogens is 1. The van der Waals surface area contributed by atoms with E-state index in [-0.39, 0.29) is 11.7 Å². The lowest BCUT2D eigenvalue weighted by molar-refractivity contribution is -0.113. The predicted molar refractivity (Wildman–Crippen MR) is 134 cm³/mol. The molecule has 9 heteroatoms. The van der Waals surface area contributed by atoms with Crippen molar-refractivity contribution in [3.8, 4) is 0 Å². The van der Waals surface area contributed by atoms with Crippen LogP contribution in [-0.2, 0) is 10.5 Å². The summed E-state index contributed by atoms with van der Waals surface area (Å²) in [6, 6.07) is 17.5. The Bertz CT molecular complexity index is 1420. The number of hydrogen-bond acceptors (Lipinski definition) is 6. The molecule has 2 aromatic carbocycles. The molecule has 4 aromatic rings. The van der Waals surface area contributed by atoms with Crippen molar-refractivity contribution in [2.24, 2.45) is 0 Å². The number of para-hydroxylation sites is 1. The summed E-state index contributed by atoms with van der Waals surface area (Å²) in [4.78, 5) is 22.3. The van der Waals surface area contributed by atoms with Crippen LogP contribution in [0.4, 0.5) is 16.0 Å². The number of anilines is 2. The molecule has 0 aliphatic carbocycles. The van der Waals surface area contributed by atoms with Crippen molar-refractivity contribution >= 4 is 29.3 Å². The van der Waals surface area contributed by atoms with E-state index in [1.807, 2.05) is 50.2 Å². The number of allylic oxidation sites excluding steroid dienone is 1. The third-order valence-electron chi connectivity index (χ3n) is 5.81. The molecular formula is C26H23FN6OS. The number of hydrogen-bond donors (Lipinski definition) is 2. The maximum absolute atomic E-state index is 14.1. The number of nitrogens with zero attached hydrogens (tertiary/aromatic N) is 4. The molecule has 2 aromatic heterocycles. The first-order valence-electron chi connectivity index (χ1n) is 11.1. The summed E-state index contributed by atoms with van der Waals surface area (Å²) in [5, 5.41) is 11.4. The Balaban J connectivity index is 1.49. The van der Waals surface area contributed by atoms with Gasteiger partial charge in [0.05, 0.1) is 5.57 Å². The molecule has 0 saturated heterocycles. The minimum absolute atomic E-state index is 0.229. The van der Waals surface area contributed by atoms with Crippen molar-refractivity contribution in [3.63, 3.8) is 0 Å². The van der Waals surface area contributed by atoms with Crippen LogP contribution in [0.3, 0.4) is 0 Å². The average Bonchev–Trinajstić information content (AvgIpc) is 3.27. The topological polar surface area (TPSA) is 84.7 Å². The normalized spacial score (nSPS) is 14.9. The van der Waals surface area contributed by atoms with Crippen LogP contribution in [0.5, 0.6) is 0 Å². The van der Waals surface area contributed by atoms with Gasteiger partial charge < -0.3 is 10.6 Å². The summed E-state index contributed by atoms with van der Waals surface area (Å²) in [6.45, 7) is 3.80. The van der Waals surface area contributed by atoms with Gasteiger partial charge in [-0.25, -0.2) is 9.07 Å². The zero-order valence-corrected chi connectivity index (χ0v) is 20.0. The second-order valence-corrected chi connectivity index (χ2v) is 9.10. The number of thioether (sulfide) groups is 1. The molecule has 3 heterocycles. The van der Waals surface area contributed by atoms with Crippen LogP contribution in [0.1, 0.15) is 29.7 Å². The van der Waals surface area contributed by atoms with E-state index >= 15 is 0 Å². The Labute approximate surface area is 206 Å². The van der Waals surface area contributed by atoms with Gasteiger partial charge >= 0.3 is 0 Å². The molecule has 5 rings (SSSR count). The minimum Gasteiger partial charge on any atom is -0.328 e. The number of carbonyl (C=O) groups is 1. The van der Waals surface area contributed by atoms with Gasteiger partial charge in [-0.1, -0.05) is 48.2 Å². The molecule has 0 radical (unpaired) electrons. The van der Waals surface area contributed by atoms with E-state index in [2.05, 4.69) is 20.6 Å². The molecular weight excluding hydrogens is 463 g/mol. The predicted octanol–water partition coefficient (Wildman–Crippen LogP) is 5.34.